The fourth-order valence-electron chi connectivity index (χ4n) is 2.68. The quantitative estimate of drug-likeness (QED) is 0.637. The van der Waals surface area contributed by atoms with Gasteiger partial charge < -0.3 is 10.1 Å². The molecule has 2 aromatic carbocycles. The second-order valence-corrected chi connectivity index (χ2v) is 8.90. The second-order valence-electron chi connectivity index (χ2n) is 6.52. The van der Waals surface area contributed by atoms with Crippen LogP contribution in [0.4, 0.5) is 5.69 Å². The lowest BCUT2D eigenvalue weighted by molar-refractivity contribution is -0.119. The van der Waals surface area contributed by atoms with Gasteiger partial charge in [0, 0.05) is 23.0 Å². The first-order valence-electron chi connectivity index (χ1n) is 8.72. The number of hydrogen-bond acceptors (Lipinski definition) is 5. The summed E-state index contributed by atoms with van der Waals surface area (Å²) in [6.45, 7) is 3.58. The van der Waals surface area contributed by atoms with Crippen molar-refractivity contribution in [3.05, 3.63) is 65.4 Å². The van der Waals surface area contributed by atoms with E-state index in [1.165, 1.54) is 48.2 Å². The minimum Gasteiger partial charge on any atom is -0.497 e. The number of rotatable bonds is 6. The number of nitrogens with zero attached hydrogens (tertiary/aromatic N) is 2. The van der Waals surface area contributed by atoms with Crippen LogP contribution in [0.2, 0.25) is 5.02 Å². The normalized spacial score (nSPS) is 12.4. The number of halogens is 1. The van der Waals surface area contributed by atoms with Crippen molar-refractivity contribution in [2.24, 2.45) is 0 Å². The van der Waals surface area contributed by atoms with Crippen LogP contribution in [0.3, 0.4) is 0 Å². The van der Waals surface area contributed by atoms with Gasteiger partial charge in [-0.15, -0.1) is 0 Å². The molecule has 0 saturated heterocycles. The van der Waals surface area contributed by atoms with E-state index in [9.17, 15) is 13.2 Å². The number of anilines is 1. The Labute approximate surface area is 174 Å². The number of carbonyl (C=O) groups excluding carboxylic acids is 1. The molecular weight excluding hydrogens is 414 g/mol. The van der Waals surface area contributed by atoms with Crippen LogP contribution in [-0.4, -0.2) is 31.2 Å². The number of methoxy groups -OCH3 is 1. The first-order valence-corrected chi connectivity index (χ1v) is 10.6. The summed E-state index contributed by atoms with van der Waals surface area (Å²) < 4.78 is 32.7. The second kappa shape index (κ2) is 8.26. The van der Waals surface area contributed by atoms with Gasteiger partial charge in [-0.25, -0.2) is 8.42 Å². The molecule has 0 aliphatic carbocycles. The Balaban J connectivity index is 1.92. The van der Waals surface area contributed by atoms with Crippen LogP contribution in [0.25, 0.3) is 0 Å². The first-order chi connectivity index (χ1) is 13.7. The zero-order valence-electron chi connectivity index (χ0n) is 16.1. The van der Waals surface area contributed by atoms with Crippen LogP contribution in [0.1, 0.15) is 18.5 Å². The molecule has 1 N–H and O–H groups in total. The minimum atomic E-state index is -3.82. The van der Waals surface area contributed by atoms with E-state index >= 15 is 0 Å². The molecule has 1 heterocycles. The highest BCUT2D eigenvalue weighted by Crippen LogP contribution is 2.29. The fourth-order valence-corrected chi connectivity index (χ4v) is 4.12. The first kappa shape index (κ1) is 20.9. The van der Waals surface area contributed by atoms with E-state index in [4.69, 9.17) is 16.3 Å². The van der Waals surface area contributed by atoms with Gasteiger partial charge in [-0.3, -0.25) is 9.48 Å². The standard InChI is InChI=1S/C20H20ClN3O4S/c1-13-11-22-24(12-13)14(2)20(25)23-16-8-17(28-3)10-19(9-16)29(26,27)18-6-4-15(21)5-7-18/h4-12,14H,1-3H3,(H,23,25). The zero-order valence-corrected chi connectivity index (χ0v) is 17.7. The van der Waals surface area contributed by atoms with Crippen molar-refractivity contribution in [3.63, 3.8) is 0 Å². The molecule has 3 rings (SSSR count). The van der Waals surface area contributed by atoms with Crippen LogP contribution < -0.4 is 10.1 Å². The Morgan fingerprint density at radius 1 is 1.17 bits per heavy atom. The van der Waals surface area contributed by atoms with Crippen LogP contribution in [0.5, 0.6) is 5.75 Å². The van der Waals surface area contributed by atoms with E-state index in [1.54, 1.807) is 25.4 Å². The van der Waals surface area contributed by atoms with Gasteiger partial charge in [-0.2, -0.15) is 5.10 Å². The van der Waals surface area contributed by atoms with Gasteiger partial charge in [0.2, 0.25) is 15.7 Å². The number of amides is 1. The minimum absolute atomic E-state index is 0.00272. The van der Waals surface area contributed by atoms with Gasteiger partial charge >= 0.3 is 0 Å². The molecule has 1 aromatic heterocycles. The van der Waals surface area contributed by atoms with Gasteiger partial charge in [0.25, 0.3) is 0 Å². The number of hydrogen-bond donors (Lipinski definition) is 1. The summed E-state index contributed by atoms with van der Waals surface area (Å²) in [5, 5.41) is 7.31. The van der Waals surface area contributed by atoms with Crippen molar-refractivity contribution in [2.45, 2.75) is 29.7 Å². The highest BCUT2D eigenvalue weighted by Gasteiger charge is 2.21. The number of nitrogens with one attached hydrogen (secondary N) is 1. The van der Waals surface area contributed by atoms with Gasteiger partial charge in [0.05, 0.1) is 23.1 Å². The summed E-state index contributed by atoms with van der Waals surface area (Å²) in [4.78, 5) is 12.7. The van der Waals surface area contributed by atoms with E-state index in [2.05, 4.69) is 10.4 Å². The maximum Gasteiger partial charge on any atom is 0.248 e. The monoisotopic (exact) mass is 433 g/mol. The predicted molar refractivity (Wildman–Crippen MR) is 110 cm³/mol. The van der Waals surface area contributed by atoms with Gasteiger partial charge in [0.15, 0.2) is 0 Å². The molecule has 1 atom stereocenters. The number of benzene rings is 2. The van der Waals surface area contributed by atoms with E-state index < -0.39 is 15.9 Å². The number of ether oxygens (including phenoxy) is 1. The molecule has 0 aliphatic rings. The van der Waals surface area contributed by atoms with E-state index in [-0.39, 0.29) is 15.7 Å². The average Bonchev–Trinajstić information content (AvgIpc) is 3.13. The highest BCUT2D eigenvalue weighted by molar-refractivity contribution is 7.91. The van der Waals surface area contributed by atoms with Crippen LogP contribution in [0.15, 0.2) is 64.6 Å². The Kier molecular flexibility index (Phi) is 5.95. The van der Waals surface area contributed by atoms with E-state index in [1.807, 2.05) is 6.92 Å². The Hall–Kier alpha value is -2.84. The molecular formula is C20H20ClN3O4S. The molecule has 0 spiro atoms. The molecule has 9 heteroatoms. The van der Waals surface area contributed by atoms with Crippen molar-refractivity contribution >= 4 is 33.0 Å². The number of aromatic nitrogens is 2. The summed E-state index contributed by atoms with van der Waals surface area (Å²) >= 11 is 5.85. The van der Waals surface area contributed by atoms with Gasteiger partial charge in [0.1, 0.15) is 11.8 Å². The van der Waals surface area contributed by atoms with Gasteiger partial charge in [-0.1, -0.05) is 11.6 Å². The van der Waals surface area contributed by atoms with Crippen LogP contribution in [-0.2, 0) is 14.6 Å². The van der Waals surface area contributed by atoms with E-state index in [0.29, 0.717) is 16.5 Å². The molecule has 0 aliphatic heterocycles. The maximum atomic E-state index is 13.0. The van der Waals surface area contributed by atoms with E-state index in [0.717, 1.165) is 5.56 Å². The molecule has 0 bridgehead atoms. The molecule has 0 saturated carbocycles. The van der Waals surface area contributed by atoms with Crippen molar-refractivity contribution < 1.29 is 17.9 Å². The number of aryl methyl sites for hydroxylation is 1. The van der Waals surface area contributed by atoms with Crippen LogP contribution in [0, 0.1) is 6.92 Å². The van der Waals surface area contributed by atoms with Crippen LogP contribution >= 0.6 is 11.6 Å². The summed E-state index contributed by atoms with van der Waals surface area (Å²) in [6.07, 6.45) is 3.42. The molecule has 7 nitrogen and oxygen atoms in total. The molecule has 3 aromatic rings. The third-order valence-corrected chi connectivity index (χ3v) is 6.33. The molecule has 1 unspecified atom stereocenters. The summed E-state index contributed by atoms with van der Waals surface area (Å²) in [6, 6.07) is 9.64. The van der Waals surface area contributed by atoms with Crippen molar-refractivity contribution in [1.82, 2.24) is 9.78 Å². The Morgan fingerprint density at radius 3 is 2.45 bits per heavy atom. The lowest BCUT2D eigenvalue weighted by Gasteiger charge is -2.15. The molecule has 0 fully saturated rings. The summed E-state index contributed by atoms with van der Waals surface area (Å²) in [5.41, 5.74) is 1.24. The maximum absolute atomic E-state index is 13.0. The van der Waals surface area contributed by atoms with Crippen molar-refractivity contribution in [3.8, 4) is 5.75 Å². The highest BCUT2D eigenvalue weighted by atomic mass is 35.5. The SMILES string of the molecule is COc1cc(NC(=O)C(C)n2cc(C)cn2)cc(S(=O)(=O)c2ccc(Cl)cc2)c1. The predicted octanol–water partition coefficient (Wildman–Crippen LogP) is 3.89. The Morgan fingerprint density at radius 2 is 1.86 bits per heavy atom. The third-order valence-electron chi connectivity index (χ3n) is 4.32. The topological polar surface area (TPSA) is 90.3 Å². The molecule has 0 radical (unpaired) electrons. The molecule has 1 amide bonds. The van der Waals surface area contributed by atoms with Crippen molar-refractivity contribution in [2.75, 3.05) is 12.4 Å². The lowest BCUT2D eigenvalue weighted by Crippen LogP contribution is -2.24. The largest absolute Gasteiger partial charge is 0.497 e. The third kappa shape index (κ3) is 4.60. The molecule has 152 valence electrons. The Bertz CT molecular complexity index is 1140. The lowest BCUT2D eigenvalue weighted by atomic mass is 10.2. The number of sulfone groups is 1. The fraction of sp³-hybridized carbons (Fsp3) is 0.200. The van der Waals surface area contributed by atoms with Crippen molar-refractivity contribution in [1.29, 1.82) is 0 Å². The van der Waals surface area contributed by atoms with Gasteiger partial charge in [-0.05, 0) is 55.8 Å². The number of carbonyl (C=O) groups is 1. The smallest absolute Gasteiger partial charge is 0.248 e. The average molecular weight is 434 g/mol. The molecule has 29 heavy (non-hydrogen) atoms. The summed E-state index contributed by atoms with van der Waals surface area (Å²) in [5.74, 6) is -0.0332. The zero-order chi connectivity index (χ0) is 21.2. The summed E-state index contributed by atoms with van der Waals surface area (Å²) in [7, 11) is -2.40.